The molecule has 2 aliphatic carbocycles. The Kier molecular flexibility index (Phi) is 10.7. The van der Waals surface area contributed by atoms with Gasteiger partial charge in [0.1, 0.15) is 5.82 Å². The zero-order valence-electron chi connectivity index (χ0n) is 27.8. The number of halogens is 1. The summed E-state index contributed by atoms with van der Waals surface area (Å²) in [7, 11) is 4.01. The lowest BCUT2D eigenvalue weighted by molar-refractivity contribution is -0.142. The van der Waals surface area contributed by atoms with E-state index in [0.717, 1.165) is 69.3 Å². The molecule has 5 aliphatic rings. The predicted octanol–water partition coefficient (Wildman–Crippen LogP) is 3.18. The van der Waals surface area contributed by atoms with Crippen LogP contribution in [0.1, 0.15) is 69.0 Å². The number of ether oxygens (including phenoxy) is 1. The molecular weight excluding hydrogens is 626 g/mol. The van der Waals surface area contributed by atoms with Crippen LogP contribution in [0.15, 0.2) is 4.79 Å². The van der Waals surface area contributed by atoms with Crippen molar-refractivity contribution >= 4 is 35.2 Å². The fraction of sp³-hybridized carbons (Fsp3) is 0.824. The monoisotopic (exact) mass is 677 g/mol. The van der Waals surface area contributed by atoms with Crippen molar-refractivity contribution < 1.29 is 19.4 Å². The van der Waals surface area contributed by atoms with Crippen molar-refractivity contribution in [3.8, 4) is 0 Å². The van der Waals surface area contributed by atoms with Gasteiger partial charge in [0.15, 0.2) is 0 Å². The van der Waals surface area contributed by atoms with Crippen LogP contribution in [0.5, 0.6) is 0 Å². The highest BCUT2D eigenvalue weighted by Crippen LogP contribution is 2.48. The van der Waals surface area contributed by atoms with Gasteiger partial charge in [-0.05, 0) is 97.2 Å². The highest BCUT2D eigenvalue weighted by atomic mass is 35.5. The molecule has 1 aromatic rings. The normalized spacial score (nSPS) is 35.4. The van der Waals surface area contributed by atoms with Gasteiger partial charge in [0.05, 0.1) is 30.9 Å². The molecule has 1 saturated carbocycles. The van der Waals surface area contributed by atoms with Crippen molar-refractivity contribution in [1.29, 1.82) is 0 Å². The number of carboxylic acids is 1. The number of piperidine rings is 2. The fourth-order valence-corrected chi connectivity index (χ4v) is 11.2. The maximum absolute atomic E-state index is 13.9. The van der Waals surface area contributed by atoms with Gasteiger partial charge in [-0.2, -0.15) is 11.8 Å². The number of nitrogens with one attached hydrogen (secondary N) is 1. The summed E-state index contributed by atoms with van der Waals surface area (Å²) in [5.41, 5.74) is 1.61. The maximum Gasteiger partial charge on any atom is 0.308 e. The first kappa shape index (κ1) is 34.2. The number of fused-ring (bicyclic) bond motifs is 2. The molecule has 0 radical (unpaired) electrons. The van der Waals surface area contributed by atoms with Gasteiger partial charge in [-0.1, -0.05) is 0 Å². The second-order valence-electron chi connectivity index (χ2n) is 14.7. The first-order valence-corrected chi connectivity index (χ1v) is 18.9. The van der Waals surface area contributed by atoms with E-state index in [0.29, 0.717) is 43.5 Å². The summed E-state index contributed by atoms with van der Waals surface area (Å²) >= 11 is 8.54. The van der Waals surface area contributed by atoms with Crippen LogP contribution in [0.2, 0.25) is 0 Å². The second-order valence-corrected chi connectivity index (χ2v) is 16.5. The van der Waals surface area contributed by atoms with E-state index in [9.17, 15) is 19.5 Å². The minimum absolute atomic E-state index is 0.00551. The number of hydrogen-bond donors (Lipinski definition) is 2. The Morgan fingerprint density at radius 3 is 2.65 bits per heavy atom. The van der Waals surface area contributed by atoms with E-state index in [-0.39, 0.29) is 64.1 Å². The summed E-state index contributed by atoms with van der Waals surface area (Å²) in [6.07, 6.45) is 7.52. The van der Waals surface area contributed by atoms with Gasteiger partial charge < -0.3 is 25.0 Å². The zero-order valence-corrected chi connectivity index (χ0v) is 29.4. The molecule has 3 saturated heterocycles. The van der Waals surface area contributed by atoms with Crippen molar-refractivity contribution in [3.05, 3.63) is 27.4 Å². The van der Waals surface area contributed by atoms with Gasteiger partial charge in [0, 0.05) is 59.5 Å². The van der Waals surface area contributed by atoms with Crippen molar-refractivity contribution in [1.82, 2.24) is 24.7 Å². The summed E-state index contributed by atoms with van der Waals surface area (Å²) in [6.45, 7) is 6.80. The Balaban J connectivity index is 1.11. The molecule has 256 valence electrons. The molecule has 10 nitrogen and oxygen atoms in total. The van der Waals surface area contributed by atoms with Crippen LogP contribution in [0.25, 0.3) is 0 Å². The van der Waals surface area contributed by atoms with Gasteiger partial charge in [-0.15, -0.1) is 11.6 Å². The minimum Gasteiger partial charge on any atom is -0.481 e. The molecule has 9 atom stereocenters. The van der Waals surface area contributed by atoms with E-state index in [1.165, 1.54) is 0 Å². The van der Waals surface area contributed by atoms with Crippen LogP contribution in [-0.2, 0) is 33.7 Å². The van der Waals surface area contributed by atoms with Gasteiger partial charge in [0.25, 0.3) is 5.56 Å². The van der Waals surface area contributed by atoms with Crippen LogP contribution in [0.3, 0.4) is 0 Å². The van der Waals surface area contributed by atoms with Crippen molar-refractivity contribution in [2.24, 2.45) is 23.7 Å². The standard InChI is InChI=1S/C34H52ClN5O5S/c1-19-15-25(31-30(36-19)27(18-46-31)34(43)44)24-16-22(35)5-8-29(24)45-14-13-40-20(2)37-28-7-6-23(17-26(28)33(40)42)39(4)32(41)21-9-11-38(3)12-10-21/h19,21-25,27,29-31,36H,5-18H2,1-4H3,(H,43,44). The third-order valence-electron chi connectivity index (χ3n) is 11.7. The van der Waals surface area contributed by atoms with Crippen LogP contribution >= 0.6 is 23.4 Å². The molecule has 3 aliphatic heterocycles. The molecular formula is C34H52ClN5O5S. The fourth-order valence-electron chi connectivity index (χ4n) is 9.04. The van der Waals surface area contributed by atoms with Crippen LogP contribution in [0.4, 0.5) is 0 Å². The predicted molar refractivity (Wildman–Crippen MR) is 181 cm³/mol. The first-order valence-electron chi connectivity index (χ1n) is 17.4. The van der Waals surface area contributed by atoms with E-state index in [1.807, 2.05) is 18.9 Å². The summed E-state index contributed by atoms with van der Waals surface area (Å²) in [6, 6.07) is 0.227. The van der Waals surface area contributed by atoms with E-state index in [2.05, 4.69) is 24.2 Å². The number of hydrogen-bond acceptors (Lipinski definition) is 8. The lowest BCUT2D eigenvalue weighted by Gasteiger charge is -2.47. The number of thioether (sulfide) groups is 1. The Bertz CT molecular complexity index is 1340. The third kappa shape index (κ3) is 7.05. The Hall–Kier alpha value is -1.66. The van der Waals surface area contributed by atoms with Crippen molar-refractivity contribution in [2.75, 3.05) is 39.5 Å². The minimum atomic E-state index is -0.715. The number of rotatable bonds is 8. The maximum atomic E-state index is 13.9. The molecule has 2 N–H and O–H groups in total. The first-order chi connectivity index (χ1) is 22.0. The number of likely N-dealkylation sites (N-methyl/N-ethyl adjacent to an activating group) is 1. The largest absolute Gasteiger partial charge is 0.481 e. The smallest absolute Gasteiger partial charge is 0.308 e. The Morgan fingerprint density at radius 2 is 1.91 bits per heavy atom. The van der Waals surface area contributed by atoms with Crippen molar-refractivity contribution in [2.45, 2.75) is 113 Å². The van der Waals surface area contributed by atoms with E-state index >= 15 is 0 Å². The number of aliphatic carboxylic acids is 1. The number of alkyl halides is 1. The number of aryl methyl sites for hydroxylation is 2. The number of likely N-dealkylation sites (tertiary alicyclic amines) is 1. The molecule has 4 fully saturated rings. The molecule has 0 bridgehead atoms. The lowest BCUT2D eigenvalue weighted by Crippen LogP contribution is -2.57. The van der Waals surface area contributed by atoms with Crippen molar-refractivity contribution in [3.63, 3.8) is 0 Å². The van der Waals surface area contributed by atoms with Crippen LogP contribution in [0, 0.1) is 30.6 Å². The van der Waals surface area contributed by atoms with E-state index < -0.39 is 5.97 Å². The quantitative estimate of drug-likeness (QED) is 0.400. The molecule has 0 aromatic carbocycles. The molecule has 0 spiro atoms. The summed E-state index contributed by atoms with van der Waals surface area (Å²) < 4.78 is 8.39. The van der Waals surface area contributed by atoms with Crippen LogP contribution < -0.4 is 10.9 Å². The summed E-state index contributed by atoms with van der Waals surface area (Å²) in [5.74, 6) is 1.13. The molecule has 9 unspecified atom stereocenters. The number of aromatic nitrogens is 2. The van der Waals surface area contributed by atoms with Gasteiger partial charge in [-0.25, -0.2) is 4.98 Å². The number of carbonyl (C=O) groups is 2. The van der Waals surface area contributed by atoms with E-state index in [4.69, 9.17) is 21.3 Å². The molecule has 6 rings (SSSR count). The molecule has 1 amide bonds. The Labute approximate surface area is 282 Å². The zero-order chi connectivity index (χ0) is 32.7. The number of nitrogens with zero attached hydrogens (tertiary/aromatic N) is 4. The van der Waals surface area contributed by atoms with E-state index in [1.54, 1.807) is 16.3 Å². The molecule has 12 heteroatoms. The topological polar surface area (TPSA) is 117 Å². The van der Waals surface area contributed by atoms with Gasteiger partial charge in [-0.3, -0.25) is 19.0 Å². The average Bonchev–Trinajstić information content (AvgIpc) is 3.46. The SMILES string of the molecule is Cc1nc2c(c(=O)n1CCOC1CCC(Cl)CC1C1CC(C)NC3C(C(=O)O)CSC13)CC(N(C)C(=O)C1CCN(C)CC1)CC2. The third-order valence-corrected chi connectivity index (χ3v) is 13.7. The van der Waals surface area contributed by atoms with Gasteiger partial charge >= 0.3 is 5.97 Å². The highest BCUT2D eigenvalue weighted by Gasteiger charge is 2.51. The molecule has 4 heterocycles. The summed E-state index contributed by atoms with van der Waals surface area (Å²) in [4.78, 5) is 48.3. The second kappa shape index (κ2) is 14.4. The number of carbonyl (C=O) groups excluding carboxylic acids is 1. The van der Waals surface area contributed by atoms with Crippen LogP contribution in [-0.4, -0.2) is 111 Å². The lowest BCUT2D eigenvalue weighted by atomic mass is 9.70. The number of carboxylic acid groups (broad SMARTS) is 1. The molecule has 46 heavy (non-hydrogen) atoms. The molecule has 1 aromatic heterocycles. The average molecular weight is 678 g/mol. The Morgan fingerprint density at radius 1 is 1.15 bits per heavy atom. The summed E-state index contributed by atoms with van der Waals surface area (Å²) in [5, 5.41) is 13.8. The van der Waals surface area contributed by atoms with Gasteiger partial charge in [0.2, 0.25) is 5.91 Å². The number of amides is 1. The highest BCUT2D eigenvalue weighted by molar-refractivity contribution is 8.00.